The third-order valence-corrected chi connectivity index (χ3v) is 3.68. The highest BCUT2D eigenvalue weighted by molar-refractivity contribution is 6.36. The van der Waals surface area contributed by atoms with Gasteiger partial charge in [-0.25, -0.2) is 0 Å². The molecule has 0 aliphatic rings. The topological polar surface area (TPSA) is 52.9 Å². The minimum Gasteiger partial charge on any atom is -0.366 e. The SMILES string of the molecule is CC(=O)c1ccccc1NC(C#N)c1c(Cl)cccc1Cl. The first-order chi connectivity index (χ1) is 10.0. The number of Topliss-reactive ketones (excluding diaryl/α,β-unsaturated/α-hetero) is 1. The van der Waals surface area contributed by atoms with Crippen LogP contribution < -0.4 is 5.32 Å². The Balaban J connectivity index is 2.42. The predicted molar refractivity (Wildman–Crippen MR) is 84.9 cm³/mol. The second-order valence-corrected chi connectivity index (χ2v) is 5.26. The zero-order valence-electron chi connectivity index (χ0n) is 11.2. The molecule has 1 atom stereocenters. The van der Waals surface area contributed by atoms with Crippen LogP contribution in [0.15, 0.2) is 42.5 Å². The van der Waals surface area contributed by atoms with Gasteiger partial charge in [0.05, 0.1) is 6.07 Å². The number of carbonyl (C=O) groups excluding carboxylic acids is 1. The standard InChI is InChI=1S/C16H12Cl2N2O/c1-10(21)11-5-2-3-8-14(11)20-15(9-19)16-12(17)6-4-7-13(16)18/h2-8,15,20H,1H3. The van der Waals surface area contributed by atoms with Crippen molar-refractivity contribution >= 4 is 34.7 Å². The molecule has 0 bridgehead atoms. The molecule has 0 radical (unpaired) electrons. The summed E-state index contributed by atoms with van der Waals surface area (Å²) in [5.74, 6) is -0.0833. The van der Waals surface area contributed by atoms with Gasteiger partial charge >= 0.3 is 0 Å². The van der Waals surface area contributed by atoms with Crippen molar-refractivity contribution in [3.63, 3.8) is 0 Å². The van der Waals surface area contributed by atoms with Gasteiger partial charge in [-0.2, -0.15) is 5.26 Å². The average molecular weight is 319 g/mol. The van der Waals surface area contributed by atoms with Gasteiger partial charge in [0.25, 0.3) is 0 Å². The summed E-state index contributed by atoms with van der Waals surface area (Å²) < 4.78 is 0. The molecule has 0 aromatic heterocycles. The number of rotatable bonds is 4. The van der Waals surface area contributed by atoms with Crippen molar-refractivity contribution in [2.45, 2.75) is 13.0 Å². The third-order valence-electron chi connectivity index (χ3n) is 3.02. The van der Waals surface area contributed by atoms with Crippen LogP contribution in [0.4, 0.5) is 5.69 Å². The molecular weight excluding hydrogens is 307 g/mol. The van der Waals surface area contributed by atoms with Crippen molar-refractivity contribution in [1.82, 2.24) is 0 Å². The molecule has 0 fully saturated rings. The molecular formula is C16H12Cl2N2O. The number of anilines is 1. The lowest BCUT2D eigenvalue weighted by atomic mass is 10.0. The Hall–Kier alpha value is -2.02. The summed E-state index contributed by atoms with van der Waals surface area (Å²) in [6, 6.07) is 13.4. The van der Waals surface area contributed by atoms with E-state index in [1.165, 1.54) is 6.92 Å². The van der Waals surface area contributed by atoms with Crippen LogP contribution in [0, 0.1) is 11.3 Å². The fourth-order valence-corrected chi connectivity index (χ4v) is 2.64. The number of halogens is 2. The van der Waals surface area contributed by atoms with Crippen LogP contribution in [-0.4, -0.2) is 5.78 Å². The van der Waals surface area contributed by atoms with Gasteiger partial charge in [0, 0.05) is 26.9 Å². The third kappa shape index (κ3) is 3.36. The van der Waals surface area contributed by atoms with Crippen LogP contribution in [0.3, 0.4) is 0 Å². The number of hydrogen-bond acceptors (Lipinski definition) is 3. The van der Waals surface area contributed by atoms with Crippen LogP contribution in [0.5, 0.6) is 0 Å². The number of nitrogens with zero attached hydrogens (tertiary/aromatic N) is 1. The van der Waals surface area contributed by atoms with E-state index in [2.05, 4.69) is 11.4 Å². The molecule has 0 heterocycles. The Kier molecular flexibility index (Phi) is 4.85. The Morgan fingerprint density at radius 2 is 1.76 bits per heavy atom. The number of ketones is 1. The maximum absolute atomic E-state index is 11.6. The highest BCUT2D eigenvalue weighted by Gasteiger charge is 2.19. The largest absolute Gasteiger partial charge is 0.366 e. The highest BCUT2D eigenvalue weighted by atomic mass is 35.5. The molecule has 0 saturated carbocycles. The van der Waals surface area contributed by atoms with Gasteiger partial charge in [-0.05, 0) is 31.2 Å². The monoisotopic (exact) mass is 318 g/mol. The number of benzene rings is 2. The van der Waals surface area contributed by atoms with Gasteiger partial charge in [0.15, 0.2) is 5.78 Å². The van der Waals surface area contributed by atoms with E-state index < -0.39 is 6.04 Å². The van der Waals surface area contributed by atoms with Crippen molar-refractivity contribution in [1.29, 1.82) is 5.26 Å². The summed E-state index contributed by atoms with van der Waals surface area (Å²) in [7, 11) is 0. The lowest BCUT2D eigenvalue weighted by molar-refractivity contribution is 0.101. The molecule has 21 heavy (non-hydrogen) atoms. The average Bonchev–Trinajstić information content (AvgIpc) is 2.46. The smallest absolute Gasteiger partial charge is 0.161 e. The van der Waals surface area contributed by atoms with Crippen molar-refractivity contribution in [3.8, 4) is 6.07 Å². The van der Waals surface area contributed by atoms with Gasteiger partial charge < -0.3 is 5.32 Å². The summed E-state index contributed by atoms with van der Waals surface area (Å²) in [6.07, 6.45) is 0. The molecule has 0 aliphatic carbocycles. The van der Waals surface area contributed by atoms with Crippen LogP contribution in [0.2, 0.25) is 10.0 Å². The summed E-state index contributed by atoms with van der Waals surface area (Å²) in [4.78, 5) is 11.6. The summed E-state index contributed by atoms with van der Waals surface area (Å²) in [5, 5.41) is 13.2. The van der Waals surface area contributed by atoms with E-state index in [1.807, 2.05) is 0 Å². The maximum Gasteiger partial charge on any atom is 0.161 e. The molecule has 2 rings (SSSR count). The Labute approximate surface area is 133 Å². The molecule has 2 aromatic rings. The fraction of sp³-hybridized carbons (Fsp3) is 0.125. The Bertz CT molecular complexity index is 702. The van der Waals surface area contributed by atoms with E-state index in [1.54, 1.807) is 42.5 Å². The van der Waals surface area contributed by atoms with Crippen LogP contribution in [0.1, 0.15) is 28.9 Å². The molecule has 1 N–H and O–H groups in total. The molecule has 3 nitrogen and oxygen atoms in total. The number of nitriles is 1. The Morgan fingerprint density at radius 3 is 2.33 bits per heavy atom. The second kappa shape index (κ2) is 6.62. The summed E-state index contributed by atoms with van der Waals surface area (Å²) >= 11 is 12.3. The molecule has 1 unspecified atom stereocenters. The van der Waals surface area contributed by atoms with Crippen LogP contribution in [0.25, 0.3) is 0 Å². The predicted octanol–water partition coefficient (Wildman–Crippen LogP) is 4.87. The summed E-state index contributed by atoms with van der Waals surface area (Å²) in [5.41, 5.74) is 1.59. The van der Waals surface area contributed by atoms with Crippen molar-refractivity contribution in [2.24, 2.45) is 0 Å². The maximum atomic E-state index is 11.6. The molecule has 0 saturated heterocycles. The van der Waals surface area contributed by atoms with E-state index in [-0.39, 0.29) is 5.78 Å². The first-order valence-electron chi connectivity index (χ1n) is 6.24. The quantitative estimate of drug-likeness (QED) is 0.818. The first kappa shape index (κ1) is 15.4. The molecule has 0 amide bonds. The number of nitrogens with one attached hydrogen (secondary N) is 1. The van der Waals surface area contributed by atoms with Gasteiger partial charge in [0.1, 0.15) is 6.04 Å². The molecule has 106 valence electrons. The van der Waals surface area contributed by atoms with Crippen LogP contribution in [-0.2, 0) is 0 Å². The first-order valence-corrected chi connectivity index (χ1v) is 7.00. The Morgan fingerprint density at radius 1 is 1.14 bits per heavy atom. The van der Waals surface area contributed by atoms with Crippen molar-refractivity contribution in [3.05, 3.63) is 63.6 Å². The van der Waals surface area contributed by atoms with Gasteiger partial charge in [-0.3, -0.25) is 4.79 Å². The second-order valence-electron chi connectivity index (χ2n) is 4.44. The van der Waals surface area contributed by atoms with Gasteiger partial charge in [0.2, 0.25) is 0 Å². The minimum absolute atomic E-state index is 0.0833. The lowest BCUT2D eigenvalue weighted by Crippen LogP contribution is -2.12. The van der Waals surface area contributed by atoms with E-state index in [9.17, 15) is 10.1 Å². The van der Waals surface area contributed by atoms with Crippen LogP contribution >= 0.6 is 23.2 Å². The van der Waals surface area contributed by atoms with Crippen molar-refractivity contribution < 1.29 is 4.79 Å². The van der Waals surface area contributed by atoms with E-state index in [4.69, 9.17) is 23.2 Å². The minimum atomic E-state index is -0.744. The molecule has 2 aromatic carbocycles. The zero-order chi connectivity index (χ0) is 15.4. The number of para-hydroxylation sites is 1. The van der Waals surface area contributed by atoms with Gasteiger partial charge in [-0.1, -0.05) is 41.4 Å². The van der Waals surface area contributed by atoms with E-state index >= 15 is 0 Å². The van der Waals surface area contributed by atoms with Gasteiger partial charge in [-0.15, -0.1) is 0 Å². The number of hydrogen-bond donors (Lipinski definition) is 1. The summed E-state index contributed by atoms with van der Waals surface area (Å²) in [6.45, 7) is 1.48. The molecule has 0 spiro atoms. The molecule has 5 heteroatoms. The van der Waals surface area contributed by atoms with Crippen molar-refractivity contribution in [2.75, 3.05) is 5.32 Å². The van der Waals surface area contributed by atoms with E-state index in [0.29, 0.717) is 26.9 Å². The zero-order valence-corrected chi connectivity index (χ0v) is 12.7. The highest BCUT2D eigenvalue weighted by Crippen LogP contribution is 2.32. The number of carbonyl (C=O) groups is 1. The van der Waals surface area contributed by atoms with E-state index in [0.717, 1.165) is 0 Å². The normalized spacial score (nSPS) is 11.5. The molecule has 0 aliphatic heterocycles. The fourth-order valence-electron chi connectivity index (χ4n) is 2.03. The lowest BCUT2D eigenvalue weighted by Gasteiger charge is -2.17.